The Morgan fingerprint density at radius 2 is 0.839 bits per heavy atom. The van der Waals surface area contributed by atoms with Crippen LogP contribution < -0.4 is 0 Å². The number of thioether (sulfide) groups is 1. The van der Waals surface area contributed by atoms with Crippen molar-refractivity contribution in [2.75, 3.05) is 32.7 Å². The van der Waals surface area contributed by atoms with Gasteiger partial charge in [0, 0.05) is 19.5 Å². The van der Waals surface area contributed by atoms with Crippen LogP contribution in [-0.2, 0) is 18.9 Å². The lowest BCUT2D eigenvalue weighted by atomic mass is 10.0. The van der Waals surface area contributed by atoms with E-state index in [4.69, 9.17) is 18.9 Å². The van der Waals surface area contributed by atoms with Gasteiger partial charge in [-0.05, 0) is 58.7 Å². The number of methoxy groups -OCH3 is 1. The Bertz CT molecular complexity index is 764. The number of unbranched alkanes of at least 4 members (excludes halogenated alkanes) is 31. The Morgan fingerprint density at radius 1 is 0.482 bits per heavy atom. The maximum atomic E-state index is 12.7. The van der Waals surface area contributed by atoms with Gasteiger partial charge in [0.1, 0.15) is 6.61 Å². The van der Waals surface area contributed by atoms with Crippen molar-refractivity contribution < 1.29 is 23.7 Å². The van der Waals surface area contributed by atoms with Crippen LogP contribution >= 0.6 is 11.8 Å². The number of carbonyl (C=O) groups excluding carboxylic acids is 1. The largest absolute Gasteiger partial charge is 0.455 e. The molecule has 0 aromatic heterocycles. The highest BCUT2D eigenvalue weighted by atomic mass is 32.2. The van der Waals surface area contributed by atoms with Gasteiger partial charge in [-0.1, -0.05) is 219 Å². The summed E-state index contributed by atoms with van der Waals surface area (Å²) in [4.78, 5) is 12.7. The van der Waals surface area contributed by atoms with Crippen molar-refractivity contribution in [2.45, 2.75) is 284 Å². The van der Waals surface area contributed by atoms with Gasteiger partial charge in [0.05, 0.1) is 23.9 Å². The molecule has 0 N–H and O–H groups in total. The van der Waals surface area contributed by atoms with Crippen LogP contribution in [0.1, 0.15) is 266 Å². The highest BCUT2D eigenvalue weighted by Gasteiger charge is 2.24. The van der Waals surface area contributed by atoms with Gasteiger partial charge in [-0.15, -0.1) is 0 Å². The lowest BCUT2D eigenvalue weighted by Crippen LogP contribution is -2.32. The smallest absolute Gasteiger partial charge is 0.367 e. The van der Waals surface area contributed by atoms with Crippen LogP contribution in [0.3, 0.4) is 0 Å². The Hall–Kier alpha value is -0.300. The fraction of sp³-hybridized carbons (Fsp3) is 0.980. The van der Waals surface area contributed by atoms with E-state index in [0.717, 1.165) is 32.3 Å². The fourth-order valence-electron chi connectivity index (χ4n) is 7.36. The third-order valence-electron chi connectivity index (χ3n) is 11.7. The molecule has 0 spiro atoms. The first-order chi connectivity index (χ1) is 27.2. The van der Waals surface area contributed by atoms with Crippen LogP contribution in [0, 0.1) is 0 Å². The highest BCUT2D eigenvalue weighted by Crippen LogP contribution is 2.22. The second kappa shape index (κ2) is 41.4. The summed E-state index contributed by atoms with van der Waals surface area (Å²) in [7, 11) is 1.73. The molecule has 0 aliphatic rings. The molecule has 0 aromatic rings. The lowest BCUT2D eigenvalue weighted by molar-refractivity contribution is -0.0481. The molecule has 0 aliphatic heterocycles. The van der Waals surface area contributed by atoms with Crippen molar-refractivity contribution in [3.63, 3.8) is 0 Å². The van der Waals surface area contributed by atoms with Gasteiger partial charge in [0.15, 0.2) is 0 Å². The summed E-state index contributed by atoms with van der Waals surface area (Å²) in [6.45, 7) is 14.5. The third kappa shape index (κ3) is 41.8. The third-order valence-corrected chi connectivity index (χ3v) is 12.8. The van der Waals surface area contributed by atoms with E-state index in [1.54, 1.807) is 7.11 Å². The van der Waals surface area contributed by atoms with E-state index in [1.807, 2.05) is 13.8 Å². The van der Waals surface area contributed by atoms with E-state index in [-0.39, 0.29) is 17.0 Å². The molecule has 0 heterocycles. The summed E-state index contributed by atoms with van der Waals surface area (Å²) < 4.78 is 23.7. The zero-order valence-electron chi connectivity index (χ0n) is 39.1. The molecule has 0 aromatic carbocycles. The number of rotatable bonds is 45. The molecule has 336 valence electrons. The second-order valence-corrected chi connectivity index (χ2v) is 19.3. The van der Waals surface area contributed by atoms with Crippen LogP contribution in [0.2, 0.25) is 0 Å². The van der Waals surface area contributed by atoms with Crippen molar-refractivity contribution >= 4 is 17.1 Å². The van der Waals surface area contributed by atoms with Gasteiger partial charge in [0.2, 0.25) is 0 Å². The van der Waals surface area contributed by atoms with E-state index < -0.39 is 5.60 Å². The predicted molar refractivity (Wildman–Crippen MR) is 248 cm³/mol. The lowest BCUT2D eigenvalue weighted by Gasteiger charge is -2.28. The maximum Gasteiger partial charge on any atom is 0.367 e. The summed E-state index contributed by atoms with van der Waals surface area (Å²) in [6.07, 6.45) is 47.2. The van der Waals surface area contributed by atoms with E-state index in [9.17, 15) is 4.79 Å². The fourth-order valence-corrected chi connectivity index (χ4v) is 8.06. The van der Waals surface area contributed by atoms with Gasteiger partial charge >= 0.3 is 5.30 Å². The van der Waals surface area contributed by atoms with Gasteiger partial charge in [-0.3, -0.25) is 0 Å². The second-order valence-electron chi connectivity index (χ2n) is 18.4. The zero-order valence-corrected chi connectivity index (χ0v) is 39.9. The number of carbonyl (C=O) groups is 1. The molecule has 0 saturated carbocycles. The van der Waals surface area contributed by atoms with E-state index in [2.05, 4.69) is 27.7 Å². The van der Waals surface area contributed by atoms with Gasteiger partial charge < -0.3 is 18.9 Å². The predicted octanol–water partition coefficient (Wildman–Crippen LogP) is 17.2. The number of hydrogen-bond acceptors (Lipinski definition) is 6. The molecule has 0 fully saturated rings. The molecule has 5 nitrogen and oxygen atoms in total. The molecule has 1 unspecified atom stereocenters. The van der Waals surface area contributed by atoms with Crippen LogP contribution in [0.15, 0.2) is 0 Å². The van der Waals surface area contributed by atoms with Gasteiger partial charge in [-0.2, -0.15) is 0 Å². The van der Waals surface area contributed by atoms with E-state index in [1.165, 1.54) is 211 Å². The SMILES string of the molecule is CCCCCCCCCCCCCCCCCCCC(COC(=O)SCC(C)(C)OCCC(C)(C)OC)OCCCCCCCCCCCCCCCCCC. The van der Waals surface area contributed by atoms with Gasteiger partial charge in [-0.25, -0.2) is 4.79 Å². The van der Waals surface area contributed by atoms with Crippen LogP contribution in [0.4, 0.5) is 4.79 Å². The normalized spacial score (nSPS) is 12.8. The number of ether oxygens (including phenoxy) is 4. The molecule has 0 radical (unpaired) electrons. The molecule has 6 heteroatoms. The topological polar surface area (TPSA) is 54.0 Å². The standard InChI is InChI=1S/C50H100O5S/c1-8-10-12-14-16-18-20-22-24-26-27-29-31-33-35-37-39-41-47(45-54-48(51)56-46-50(5,6)55-44-42-49(3,4)52-7)53-43-40-38-36-34-32-30-28-25-23-21-19-17-15-13-11-9-2/h47H,8-46H2,1-7H3. The summed E-state index contributed by atoms with van der Waals surface area (Å²) in [5.74, 6) is 0.559. The molecule has 0 bridgehead atoms. The zero-order chi connectivity index (χ0) is 41.3. The van der Waals surface area contributed by atoms with Crippen LogP contribution in [0.5, 0.6) is 0 Å². The first kappa shape index (κ1) is 55.7. The Balaban J connectivity index is 4.24. The van der Waals surface area contributed by atoms with E-state index in [0.29, 0.717) is 19.0 Å². The molecule has 0 aliphatic carbocycles. The first-order valence-electron chi connectivity index (χ1n) is 24.8. The first-order valence-corrected chi connectivity index (χ1v) is 25.7. The summed E-state index contributed by atoms with van der Waals surface area (Å²) in [6, 6.07) is 0. The molecule has 0 rings (SSSR count). The van der Waals surface area contributed by atoms with Gasteiger partial charge in [0.25, 0.3) is 0 Å². The summed E-state index contributed by atoms with van der Waals surface area (Å²) in [5, 5.41) is -0.225. The molecule has 56 heavy (non-hydrogen) atoms. The number of hydrogen-bond donors (Lipinski definition) is 0. The quantitative estimate of drug-likeness (QED) is 0.0451. The average molecular weight is 813 g/mol. The van der Waals surface area contributed by atoms with Crippen molar-refractivity contribution in [3.8, 4) is 0 Å². The molecule has 0 saturated heterocycles. The average Bonchev–Trinajstić information content (AvgIpc) is 3.18. The van der Waals surface area contributed by atoms with Crippen molar-refractivity contribution in [1.82, 2.24) is 0 Å². The monoisotopic (exact) mass is 813 g/mol. The Kier molecular flexibility index (Phi) is 41.2. The maximum absolute atomic E-state index is 12.7. The molecular formula is C50H100O5S. The highest BCUT2D eigenvalue weighted by molar-refractivity contribution is 8.13. The minimum absolute atomic E-state index is 0.00670. The summed E-state index contributed by atoms with van der Waals surface area (Å²) in [5.41, 5.74) is -0.626. The van der Waals surface area contributed by atoms with Crippen molar-refractivity contribution in [2.24, 2.45) is 0 Å². The summed E-state index contributed by atoms with van der Waals surface area (Å²) >= 11 is 1.22. The van der Waals surface area contributed by atoms with Crippen LogP contribution in [-0.4, -0.2) is 55.3 Å². The van der Waals surface area contributed by atoms with Crippen molar-refractivity contribution in [3.05, 3.63) is 0 Å². The van der Waals surface area contributed by atoms with Crippen molar-refractivity contribution in [1.29, 1.82) is 0 Å². The minimum Gasteiger partial charge on any atom is -0.455 e. The molecule has 0 amide bonds. The Morgan fingerprint density at radius 3 is 1.21 bits per heavy atom. The molecule has 1 atom stereocenters. The minimum atomic E-state index is -0.413. The van der Waals surface area contributed by atoms with Crippen LogP contribution in [0.25, 0.3) is 0 Å². The van der Waals surface area contributed by atoms with E-state index >= 15 is 0 Å². The molecular weight excluding hydrogens is 713 g/mol. The Labute approximate surface area is 355 Å².